The number of carbonyl (C=O) groups excluding carboxylic acids is 2. The second-order valence-electron chi connectivity index (χ2n) is 9.32. The lowest BCUT2D eigenvalue weighted by Gasteiger charge is -2.22. The average molecular weight is 538 g/mol. The molecule has 40 heavy (non-hydrogen) atoms. The predicted octanol–water partition coefficient (Wildman–Crippen LogP) is 5.17. The average Bonchev–Trinajstić information content (AvgIpc) is 2.98. The summed E-state index contributed by atoms with van der Waals surface area (Å²) in [6.45, 7) is 1.45. The molecule has 0 radical (unpaired) electrons. The number of hydrogen-bond donors (Lipinski definition) is 3. The Kier molecular flexibility index (Phi) is 9.80. The maximum atomic E-state index is 14.1. The van der Waals surface area contributed by atoms with Gasteiger partial charge in [0.25, 0.3) is 5.91 Å². The second kappa shape index (κ2) is 13.9. The minimum atomic E-state index is -0.399. The number of nitrogens with one attached hydrogen (secondary N) is 1. The van der Waals surface area contributed by atoms with Crippen LogP contribution in [0.2, 0.25) is 0 Å². The van der Waals surface area contributed by atoms with Crippen molar-refractivity contribution in [2.75, 3.05) is 19.6 Å². The first-order valence-corrected chi connectivity index (χ1v) is 13.1. The van der Waals surface area contributed by atoms with Gasteiger partial charge < -0.3 is 21.1 Å². The second-order valence-corrected chi connectivity index (χ2v) is 9.32. The number of benzene rings is 4. The van der Waals surface area contributed by atoms with Crippen LogP contribution < -0.4 is 11.1 Å². The van der Waals surface area contributed by atoms with Crippen molar-refractivity contribution in [3.05, 3.63) is 131 Å². The van der Waals surface area contributed by atoms with Crippen molar-refractivity contribution in [1.82, 2.24) is 10.2 Å². The summed E-state index contributed by atoms with van der Waals surface area (Å²) in [6.07, 6.45) is 3.44. The first kappa shape index (κ1) is 28.3. The van der Waals surface area contributed by atoms with Crippen LogP contribution >= 0.6 is 0 Å². The molecule has 4 rings (SSSR count). The molecule has 0 fully saturated rings. The van der Waals surface area contributed by atoms with E-state index in [0.717, 1.165) is 22.3 Å². The number of amides is 2. The van der Waals surface area contributed by atoms with Gasteiger partial charge in [-0.25, -0.2) is 4.39 Å². The lowest BCUT2D eigenvalue weighted by atomic mass is 9.97. The van der Waals surface area contributed by atoms with Crippen LogP contribution in [0.1, 0.15) is 27.0 Å². The summed E-state index contributed by atoms with van der Waals surface area (Å²) in [4.78, 5) is 27.8. The van der Waals surface area contributed by atoms with E-state index >= 15 is 0 Å². The summed E-state index contributed by atoms with van der Waals surface area (Å²) in [5, 5.41) is 12.4. The molecule has 0 heterocycles. The third kappa shape index (κ3) is 7.65. The van der Waals surface area contributed by atoms with Crippen molar-refractivity contribution >= 4 is 17.9 Å². The number of rotatable bonds is 11. The molecule has 0 aliphatic rings. The summed E-state index contributed by atoms with van der Waals surface area (Å²) in [5.74, 6) is -0.674. The first-order valence-electron chi connectivity index (χ1n) is 13.1. The molecule has 0 spiro atoms. The van der Waals surface area contributed by atoms with Crippen LogP contribution in [-0.2, 0) is 17.8 Å². The number of nitrogens with zero attached hydrogens (tertiary/aromatic N) is 1. The standard InChI is InChI=1S/C33H32FN3O3/c34-31-11-4-1-7-26(31)14-17-32(39)37(21-18-24-12-15-28(38)16-13-24)23-25-6-5-8-27(22-25)29-9-2-3-10-30(29)33(40)36-20-19-35/h1-17,22,38H,18-21,23,35H2,(H,36,40)/b17-14+. The van der Waals surface area contributed by atoms with Crippen molar-refractivity contribution < 1.29 is 19.1 Å². The van der Waals surface area contributed by atoms with E-state index in [1.165, 1.54) is 18.2 Å². The summed E-state index contributed by atoms with van der Waals surface area (Å²) in [7, 11) is 0. The number of nitrogens with two attached hydrogens (primary N) is 1. The van der Waals surface area contributed by atoms with Gasteiger partial charge in [0.1, 0.15) is 11.6 Å². The highest BCUT2D eigenvalue weighted by Gasteiger charge is 2.15. The van der Waals surface area contributed by atoms with Gasteiger partial charge in [-0.15, -0.1) is 0 Å². The van der Waals surface area contributed by atoms with Crippen LogP contribution in [0.25, 0.3) is 17.2 Å². The Balaban J connectivity index is 1.58. The van der Waals surface area contributed by atoms with E-state index in [2.05, 4.69) is 5.32 Å². The zero-order valence-electron chi connectivity index (χ0n) is 22.1. The zero-order chi connectivity index (χ0) is 28.3. The molecule has 0 bridgehead atoms. The van der Waals surface area contributed by atoms with E-state index in [0.29, 0.717) is 43.7 Å². The molecule has 0 aliphatic heterocycles. The summed E-state index contributed by atoms with van der Waals surface area (Å²) in [6, 6.07) is 28.2. The van der Waals surface area contributed by atoms with Crippen molar-refractivity contribution in [3.63, 3.8) is 0 Å². The molecule has 0 unspecified atom stereocenters. The highest BCUT2D eigenvalue weighted by molar-refractivity contribution is 6.01. The third-order valence-electron chi connectivity index (χ3n) is 6.44. The quantitative estimate of drug-likeness (QED) is 0.230. The molecule has 2 amide bonds. The summed E-state index contributed by atoms with van der Waals surface area (Å²) >= 11 is 0. The van der Waals surface area contributed by atoms with Gasteiger partial charge in [-0.1, -0.05) is 66.7 Å². The van der Waals surface area contributed by atoms with Gasteiger partial charge in [-0.2, -0.15) is 0 Å². The molecule has 6 nitrogen and oxygen atoms in total. The Morgan fingerprint density at radius 1 is 0.900 bits per heavy atom. The van der Waals surface area contributed by atoms with Gasteiger partial charge in [-0.05, 0) is 65.1 Å². The van der Waals surface area contributed by atoms with Crippen LogP contribution in [0.5, 0.6) is 5.75 Å². The molecule has 0 aromatic heterocycles. The molecule has 4 N–H and O–H groups in total. The fraction of sp³-hybridized carbons (Fsp3) is 0.152. The molecule has 4 aromatic carbocycles. The smallest absolute Gasteiger partial charge is 0.251 e. The lowest BCUT2D eigenvalue weighted by molar-refractivity contribution is -0.126. The Morgan fingerprint density at radius 3 is 2.42 bits per heavy atom. The van der Waals surface area contributed by atoms with Gasteiger partial charge in [-0.3, -0.25) is 9.59 Å². The van der Waals surface area contributed by atoms with Crippen LogP contribution in [0.3, 0.4) is 0 Å². The van der Waals surface area contributed by atoms with Crippen molar-refractivity contribution in [1.29, 1.82) is 0 Å². The topological polar surface area (TPSA) is 95.7 Å². The number of phenolic OH excluding ortho intramolecular Hbond substituents is 1. The molecule has 204 valence electrons. The van der Waals surface area contributed by atoms with Crippen LogP contribution in [0, 0.1) is 5.82 Å². The van der Waals surface area contributed by atoms with Gasteiger partial charge in [0.05, 0.1) is 0 Å². The predicted molar refractivity (Wildman–Crippen MR) is 156 cm³/mol. The van der Waals surface area contributed by atoms with Crippen molar-refractivity contribution in [2.24, 2.45) is 5.73 Å². The number of hydrogen-bond acceptors (Lipinski definition) is 4. The third-order valence-corrected chi connectivity index (χ3v) is 6.44. The number of phenols is 1. The highest BCUT2D eigenvalue weighted by atomic mass is 19.1. The van der Waals surface area contributed by atoms with E-state index < -0.39 is 5.82 Å². The van der Waals surface area contributed by atoms with Gasteiger partial charge in [0, 0.05) is 43.4 Å². The Labute approximate surface area is 233 Å². The van der Waals surface area contributed by atoms with Crippen LogP contribution in [0.15, 0.2) is 103 Å². The van der Waals surface area contributed by atoms with E-state index in [9.17, 15) is 19.1 Å². The Morgan fingerprint density at radius 2 is 1.65 bits per heavy atom. The molecule has 4 aromatic rings. The number of carbonyl (C=O) groups is 2. The minimum Gasteiger partial charge on any atom is -0.508 e. The maximum absolute atomic E-state index is 14.1. The molecular weight excluding hydrogens is 505 g/mol. The summed E-state index contributed by atoms with van der Waals surface area (Å²) in [5.41, 5.74) is 9.90. The van der Waals surface area contributed by atoms with E-state index in [1.54, 1.807) is 41.3 Å². The number of halogens is 1. The van der Waals surface area contributed by atoms with Crippen LogP contribution in [-0.4, -0.2) is 41.5 Å². The highest BCUT2D eigenvalue weighted by Crippen LogP contribution is 2.25. The Hall–Kier alpha value is -4.75. The fourth-order valence-corrected chi connectivity index (χ4v) is 4.34. The number of aromatic hydroxyl groups is 1. The summed E-state index contributed by atoms with van der Waals surface area (Å²) < 4.78 is 14.1. The van der Waals surface area contributed by atoms with Crippen molar-refractivity contribution in [3.8, 4) is 16.9 Å². The molecule has 0 atom stereocenters. The normalized spacial score (nSPS) is 10.9. The van der Waals surface area contributed by atoms with E-state index in [4.69, 9.17) is 5.73 Å². The monoisotopic (exact) mass is 537 g/mol. The van der Waals surface area contributed by atoms with Crippen LogP contribution in [0.4, 0.5) is 4.39 Å². The first-order chi connectivity index (χ1) is 19.4. The molecule has 0 saturated carbocycles. The largest absolute Gasteiger partial charge is 0.508 e. The molecule has 0 aliphatic carbocycles. The van der Waals surface area contributed by atoms with E-state index in [1.807, 2.05) is 54.6 Å². The van der Waals surface area contributed by atoms with Gasteiger partial charge in [0.2, 0.25) is 5.91 Å². The fourth-order valence-electron chi connectivity index (χ4n) is 4.34. The van der Waals surface area contributed by atoms with E-state index in [-0.39, 0.29) is 17.6 Å². The molecular formula is C33H32FN3O3. The minimum absolute atomic E-state index is 0.179. The van der Waals surface area contributed by atoms with Gasteiger partial charge >= 0.3 is 0 Å². The molecule has 0 saturated heterocycles. The molecule has 7 heteroatoms. The SMILES string of the molecule is NCCNC(=O)c1ccccc1-c1cccc(CN(CCc2ccc(O)cc2)C(=O)/C=C/c2ccccc2F)c1. The zero-order valence-corrected chi connectivity index (χ0v) is 22.1. The lowest BCUT2D eigenvalue weighted by Crippen LogP contribution is -2.31. The maximum Gasteiger partial charge on any atom is 0.251 e. The van der Waals surface area contributed by atoms with Crippen molar-refractivity contribution in [2.45, 2.75) is 13.0 Å². The van der Waals surface area contributed by atoms with Gasteiger partial charge in [0.15, 0.2) is 0 Å². The Bertz CT molecular complexity index is 1480.